The van der Waals surface area contributed by atoms with E-state index in [4.69, 9.17) is 4.74 Å². The first kappa shape index (κ1) is 23.2. The summed E-state index contributed by atoms with van der Waals surface area (Å²) in [5.41, 5.74) is 2.34. The number of ether oxygens (including phenoxy) is 1. The molecule has 0 bridgehead atoms. The molecule has 0 aliphatic carbocycles. The molecule has 170 valence electrons. The molecule has 0 unspecified atom stereocenters. The predicted octanol–water partition coefficient (Wildman–Crippen LogP) is 2.63. The van der Waals surface area contributed by atoms with E-state index < -0.39 is 4.92 Å². The molecule has 1 fully saturated rings. The van der Waals surface area contributed by atoms with Crippen LogP contribution in [0.25, 0.3) is 0 Å². The van der Waals surface area contributed by atoms with Crippen LogP contribution in [0.5, 0.6) is 5.75 Å². The van der Waals surface area contributed by atoms with Crippen LogP contribution in [0.15, 0.2) is 42.5 Å². The van der Waals surface area contributed by atoms with E-state index in [-0.39, 0.29) is 29.6 Å². The SMILES string of the molecule is COc1ccc([N+](=O)[O-])cc1NC(=O)CCN1CCN(C(=O)Cc2ccc(C)cc2)CC1. The number of nitro benzene ring substituents is 1. The highest BCUT2D eigenvalue weighted by molar-refractivity contribution is 5.92. The Kier molecular flexibility index (Phi) is 7.77. The van der Waals surface area contributed by atoms with Crippen molar-refractivity contribution in [3.63, 3.8) is 0 Å². The average Bonchev–Trinajstić information content (AvgIpc) is 2.79. The fourth-order valence-corrected chi connectivity index (χ4v) is 3.59. The van der Waals surface area contributed by atoms with E-state index in [1.54, 1.807) is 0 Å². The van der Waals surface area contributed by atoms with Crippen LogP contribution >= 0.6 is 0 Å². The van der Waals surface area contributed by atoms with E-state index in [0.717, 1.165) is 5.56 Å². The highest BCUT2D eigenvalue weighted by Gasteiger charge is 2.22. The number of aryl methyl sites for hydroxylation is 1. The van der Waals surface area contributed by atoms with Crippen LogP contribution in [-0.4, -0.2) is 66.4 Å². The summed E-state index contributed by atoms with van der Waals surface area (Å²) in [6, 6.07) is 12.1. The van der Waals surface area contributed by atoms with Crippen molar-refractivity contribution in [2.75, 3.05) is 45.2 Å². The van der Waals surface area contributed by atoms with Gasteiger partial charge in [-0.15, -0.1) is 0 Å². The van der Waals surface area contributed by atoms with Gasteiger partial charge in [-0.3, -0.25) is 24.6 Å². The van der Waals surface area contributed by atoms with Gasteiger partial charge in [0.2, 0.25) is 11.8 Å². The summed E-state index contributed by atoms with van der Waals surface area (Å²) in [6.45, 7) is 5.23. The minimum atomic E-state index is -0.519. The first-order valence-corrected chi connectivity index (χ1v) is 10.5. The number of carbonyl (C=O) groups excluding carboxylic acids is 2. The van der Waals surface area contributed by atoms with Gasteiger partial charge in [-0.05, 0) is 18.6 Å². The van der Waals surface area contributed by atoms with E-state index in [9.17, 15) is 19.7 Å². The number of amides is 2. The maximum Gasteiger partial charge on any atom is 0.271 e. The molecule has 0 spiro atoms. The van der Waals surface area contributed by atoms with Gasteiger partial charge in [0.05, 0.1) is 24.1 Å². The van der Waals surface area contributed by atoms with Gasteiger partial charge in [0.15, 0.2) is 0 Å². The Morgan fingerprint density at radius 1 is 1.09 bits per heavy atom. The summed E-state index contributed by atoms with van der Waals surface area (Å²) in [5.74, 6) is 0.232. The van der Waals surface area contributed by atoms with Crippen molar-refractivity contribution in [3.8, 4) is 5.75 Å². The maximum absolute atomic E-state index is 12.5. The molecule has 1 heterocycles. The number of nitrogens with zero attached hydrogens (tertiary/aromatic N) is 3. The van der Waals surface area contributed by atoms with E-state index in [0.29, 0.717) is 44.9 Å². The fourth-order valence-electron chi connectivity index (χ4n) is 3.59. The molecule has 1 saturated heterocycles. The van der Waals surface area contributed by atoms with Gasteiger partial charge in [-0.25, -0.2) is 0 Å². The Hall–Kier alpha value is -3.46. The second-order valence-corrected chi connectivity index (χ2v) is 7.82. The zero-order valence-corrected chi connectivity index (χ0v) is 18.4. The zero-order chi connectivity index (χ0) is 23.1. The summed E-state index contributed by atoms with van der Waals surface area (Å²) in [4.78, 5) is 39.4. The summed E-state index contributed by atoms with van der Waals surface area (Å²) < 4.78 is 5.17. The molecule has 32 heavy (non-hydrogen) atoms. The van der Waals surface area contributed by atoms with Crippen molar-refractivity contribution in [1.82, 2.24) is 9.80 Å². The van der Waals surface area contributed by atoms with Crippen molar-refractivity contribution >= 4 is 23.2 Å². The van der Waals surface area contributed by atoms with Crippen molar-refractivity contribution in [2.24, 2.45) is 0 Å². The molecule has 0 saturated carbocycles. The van der Waals surface area contributed by atoms with Crippen LogP contribution in [0.1, 0.15) is 17.5 Å². The average molecular weight is 441 g/mol. The Morgan fingerprint density at radius 2 is 1.78 bits per heavy atom. The van der Waals surface area contributed by atoms with Crippen molar-refractivity contribution in [1.29, 1.82) is 0 Å². The number of nitro groups is 1. The third-order valence-corrected chi connectivity index (χ3v) is 5.52. The minimum absolute atomic E-state index is 0.115. The van der Waals surface area contributed by atoms with Gasteiger partial charge in [-0.1, -0.05) is 29.8 Å². The number of carbonyl (C=O) groups is 2. The van der Waals surface area contributed by atoms with E-state index in [2.05, 4.69) is 10.2 Å². The molecule has 2 aromatic carbocycles. The van der Waals surface area contributed by atoms with Crippen LogP contribution in [0.3, 0.4) is 0 Å². The highest BCUT2D eigenvalue weighted by Crippen LogP contribution is 2.29. The number of piperazine rings is 1. The van der Waals surface area contributed by atoms with Gasteiger partial charge < -0.3 is 15.0 Å². The lowest BCUT2D eigenvalue weighted by atomic mass is 10.1. The summed E-state index contributed by atoms with van der Waals surface area (Å²) in [5, 5.41) is 13.7. The first-order valence-electron chi connectivity index (χ1n) is 10.5. The van der Waals surface area contributed by atoms with E-state index >= 15 is 0 Å². The number of hydrogen-bond donors (Lipinski definition) is 1. The number of hydrogen-bond acceptors (Lipinski definition) is 6. The standard InChI is InChI=1S/C23H28N4O5/c1-17-3-5-18(6-4-17)15-23(29)26-13-11-25(12-14-26)10-9-22(28)24-20-16-19(27(30)31)7-8-21(20)32-2/h3-8,16H,9-15H2,1-2H3,(H,24,28). The summed E-state index contributed by atoms with van der Waals surface area (Å²) in [7, 11) is 1.44. The number of rotatable bonds is 8. The summed E-state index contributed by atoms with van der Waals surface area (Å²) in [6.07, 6.45) is 0.636. The maximum atomic E-state index is 12.5. The lowest BCUT2D eigenvalue weighted by molar-refractivity contribution is -0.384. The molecule has 1 aliphatic rings. The lowest BCUT2D eigenvalue weighted by Crippen LogP contribution is -2.49. The van der Waals surface area contributed by atoms with Crippen LogP contribution in [0.4, 0.5) is 11.4 Å². The molecule has 1 aliphatic heterocycles. The third kappa shape index (κ3) is 6.27. The van der Waals surface area contributed by atoms with Crippen LogP contribution in [-0.2, 0) is 16.0 Å². The normalized spacial score (nSPS) is 14.1. The van der Waals surface area contributed by atoms with Gasteiger partial charge >= 0.3 is 0 Å². The van der Waals surface area contributed by atoms with Crippen molar-refractivity contribution < 1.29 is 19.2 Å². The van der Waals surface area contributed by atoms with E-state index in [1.807, 2.05) is 36.1 Å². The van der Waals surface area contributed by atoms with Crippen LogP contribution in [0, 0.1) is 17.0 Å². The number of non-ortho nitro benzene ring substituents is 1. The molecule has 2 aromatic rings. The van der Waals surface area contributed by atoms with Gasteiger partial charge in [-0.2, -0.15) is 0 Å². The lowest BCUT2D eigenvalue weighted by Gasteiger charge is -2.34. The number of anilines is 1. The van der Waals surface area contributed by atoms with Crippen molar-refractivity contribution in [3.05, 3.63) is 63.7 Å². The Bertz CT molecular complexity index is 969. The predicted molar refractivity (Wildman–Crippen MR) is 121 cm³/mol. The molecule has 2 amide bonds. The monoisotopic (exact) mass is 440 g/mol. The quantitative estimate of drug-likeness (QED) is 0.500. The molecule has 9 nitrogen and oxygen atoms in total. The van der Waals surface area contributed by atoms with Gasteiger partial charge in [0, 0.05) is 51.3 Å². The number of methoxy groups -OCH3 is 1. The third-order valence-electron chi connectivity index (χ3n) is 5.52. The van der Waals surface area contributed by atoms with Crippen LogP contribution in [0.2, 0.25) is 0 Å². The van der Waals surface area contributed by atoms with E-state index in [1.165, 1.54) is 30.9 Å². The molecule has 3 rings (SSSR count). The van der Waals surface area contributed by atoms with Crippen molar-refractivity contribution in [2.45, 2.75) is 19.8 Å². The molecule has 1 N–H and O–H groups in total. The zero-order valence-electron chi connectivity index (χ0n) is 18.4. The molecular weight excluding hydrogens is 412 g/mol. The number of nitrogens with one attached hydrogen (secondary N) is 1. The van der Waals surface area contributed by atoms with Crippen LogP contribution < -0.4 is 10.1 Å². The molecular formula is C23H28N4O5. The highest BCUT2D eigenvalue weighted by atomic mass is 16.6. The largest absolute Gasteiger partial charge is 0.495 e. The molecule has 0 aromatic heterocycles. The molecule has 0 atom stereocenters. The molecule has 9 heteroatoms. The second-order valence-electron chi connectivity index (χ2n) is 7.82. The number of benzene rings is 2. The Labute approximate surface area is 187 Å². The summed E-state index contributed by atoms with van der Waals surface area (Å²) >= 11 is 0. The minimum Gasteiger partial charge on any atom is -0.495 e. The smallest absolute Gasteiger partial charge is 0.271 e. The van der Waals surface area contributed by atoms with Gasteiger partial charge in [0.25, 0.3) is 5.69 Å². The first-order chi connectivity index (χ1) is 15.4. The van der Waals surface area contributed by atoms with Gasteiger partial charge in [0.1, 0.15) is 5.75 Å². The Morgan fingerprint density at radius 3 is 2.41 bits per heavy atom. The second kappa shape index (κ2) is 10.7. The molecule has 0 radical (unpaired) electrons. The Balaban J connectivity index is 1.44. The topological polar surface area (TPSA) is 105 Å². The fraction of sp³-hybridized carbons (Fsp3) is 0.391.